The van der Waals surface area contributed by atoms with Crippen molar-refractivity contribution < 1.29 is 45.8 Å². The fourth-order valence-corrected chi connectivity index (χ4v) is 6.88. The van der Waals surface area contributed by atoms with E-state index in [1.807, 2.05) is 45.0 Å². The van der Waals surface area contributed by atoms with E-state index in [1.165, 1.54) is 0 Å². The molecule has 1 aliphatic carbocycles. The number of rotatable bonds is 12. The Bertz CT molecular complexity index is 1950. The molecule has 12 nitrogen and oxygen atoms in total. The summed E-state index contributed by atoms with van der Waals surface area (Å²) in [6, 6.07) is 17.0. The molecular formula is C34H38F3N5O7S. The zero-order chi connectivity index (χ0) is 36.8. The lowest BCUT2D eigenvalue weighted by Gasteiger charge is -2.27. The average molecular weight is 718 g/mol. The molecule has 1 atom stereocenters. The minimum atomic E-state index is -5.08. The van der Waals surface area contributed by atoms with Gasteiger partial charge in [0.15, 0.2) is 27.2 Å². The second kappa shape index (κ2) is 15.6. The molecule has 1 aliphatic rings. The van der Waals surface area contributed by atoms with E-state index < -0.39 is 28.0 Å². The van der Waals surface area contributed by atoms with Gasteiger partial charge in [0.1, 0.15) is 6.04 Å². The van der Waals surface area contributed by atoms with Crippen LogP contribution in [0.4, 0.5) is 24.7 Å². The van der Waals surface area contributed by atoms with Crippen LogP contribution in [0.3, 0.4) is 0 Å². The Morgan fingerprint density at radius 3 is 2.38 bits per heavy atom. The largest absolute Gasteiger partial charge is 0.490 e. The van der Waals surface area contributed by atoms with Crippen LogP contribution in [0.5, 0.6) is 11.5 Å². The molecule has 0 radical (unpaired) electrons. The Kier molecular flexibility index (Phi) is 11.8. The normalized spacial score (nSPS) is 13.6. The van der Waals surface area contributed by atoms with Gasteiger partial charge in [-0.15, -0.1) is 5.10 Å². The van der Waals surface area contributed by atoms with Gasteiger partial charge in [0.25, 0.3) is 0 Å². The molecule has 1 aromatic heterocycles. The first-order valence-electron chi connectivity index (χ1n) is 15.6. The number of hydrogen-bond donors (Lipinski definition) is 3. The molecule has 1 fully saturated rings. The third-order valence-corrected chi connectivity index (χ3v) is 9.84. The zero-order valence-corrected chi connectivity index (χ0v) is 28.6. The highest BCUT2D eigenvalue weighted by molar-refractivity contribution is 7.92. The number of carbonyl (C=O) groups is 2. The summed E-state index contributed by atoms with van der Waals surface area (Å²) in [6.45, 7) is 6.30. The quantitative estimate of drug-likeness (QED) is 0.162. The maximum absolute atomic E-state index is 14.2. The first kappa shape index (κ1) is 37.7. The van der Waals surface area contributed by atoms with Crippen LogP contribution in [-0.2, 0) is 26.0 Å². The van der Waals surface area contributed by atoms with Gasteiger partial charge in [-0.3, -0.25) is 4.79 Å². The molecule has 1 heterocycles. The zero-order valence-electron chi connectivity index (χ0n) is 27.8. The highest BCUT2D eigenvalue weighted by Gasteiger charge is 2.39. The molecule has 0 spiro atoms. The van der Waals surface area contributed by atoms with E-state index in [9.17, 15) is 26.4 Å². The Labute approximate surface area is 287 Å². The van der Waals surface area contributed by atoms with Crippen LogP contribution in [0.2, 0.25) is 0 Å². The first-order chi connectivity index (χ1) is 23.5. The van der Waals surface area contributed by atoms with E-state index in [0.717, 1.165) is 10.8 Å². The van der Waals surface area contributed by atoms with E-state index in [1.54, 1.807) is 54.5 Å². The third kappa shape index (κ3) is 9.31. The van der Waals surface area contributed by atoms with Crippen molar-refractivity contribution in [3.05, 3.63) is 78.0 Å². The lowest BCUT2D eigenvalue weighted by Crippen LogP contribution is -2.35. The minimum absolute atomic E-state index is 0.0631. The predicted molar refractivity (Wildman–Crippen MR) is 181 cm³/mol. The molecule has 50 heavy (non-hydrogen) atoms. The molecule has 0 bridgehead atoms. The number of nitrogens with two attached hydrogens (primary N) is 1. The molecular weight excluding hydrogens is 679 g/mol. The van der Waals surface area contributed by atoms with Crippen LogP contribution in [-0.4, -0.2) is 71.7 Å². The van der Waals surface area contributed by atoms with Crippen LogP contribution < -0.4 is 20.5 Å². The Hall–Kier alpha value is -5.12. The smallest absolute Gasteiger partial charge is 0.490 e. The van der Waals surface area contributed by atoms with Gasteiger partial charge >= 0.3 is 12.1 Å². The summed E-state index contributed by atoms with van der Waals surface area (Å²) in [7, 11) is -1.77. The highest BCUT2D eigenvalue weighted by Crippen LogP contribution is 2.36. The lowest BCUT2D eigenvalue weighted by molar-refractivity contribution is -0.192. The number of hydrogen-bond acceptors (Lipinski definition) is 10. The van der Waals surface area contributed by atoms with Gasteiger partial charge in [0.05, 0.1) is 29.1 Å². The van der Waals surface area contributed by atoms with Gasteiger partial charge in [0, 0.05) is 30.1 Å². The van der Waals surface area contributed by atoms with Crippen molar-refractivity contribution in [2.45, 2.75) is 68.6 Å². The van der Waals surface area contributed by atoms with Gasteiger partial charge < -0.3 is 30.5 Å². The van der Waals surface area contributed by atoms with Crippen LogP contribution in [0.15, 0.2) is 71.8 Å². The Balaban J connectivity index is 0.000000727. The second-order valence-corrected chi connectivity index (χ2v) is 14.0. The van der Waals surface area contributed by atoms with Gasteiger partial charge in [-0.2, -0.15) is 18.3 Å². The summed E-state index contributed by atoms with van der Waals surface area (Å²) >= 11 is 0. The Morgan fingerprint density at radius 2 is 1.76 bits per heavy atom. The van der Waals surface area contributed by atoms with E-state index in [4.69, 9.17) is 25.1 Å². The summed E-state index contributed by atoms with van der Waals surface area (Å²) in [6.07, 6.45) is -2.20. The molecule has 1 saturated carbocycles. The number of fused-ring (bicyclic) bond motifs is 1. The summed E-state index contributed by atoms with van der Waals surface area (Å²) in [5.74, 6) is -1.59. The maximum atomic E-state index is 14.2. The van der Waals surface area contributed by atoms with Crippen LogP contribution >= 0.6 is 0 Å². The van der Waals surface area contributed by atoms with Crippen molar-refractivity contribution >= 4 is 44.0 Å². The highest BCUT2D eigenvalue weighted by atomic mass is 32.2. The fraction of sp³-hybridized carbons (Fsp3) is 0.353. The number of carboxylic acid groups (broad SMARTS) is 1. The van der Waals surface area contributed by atoms with E-state index in [0.29, 0.717) is 53.6 Å². The number of anilines is 2. The van der Waals surface area contributed by atoms with Crippen LogP contribution in [0.25, 0.3) is 10.8 Å². The number of ether oxygens (including phenoxy) is 2. The van der Waals surface area contributed by atoms with Crippen molar-refractivity contribution in [3.8, 4) is 11.5 Å². The summed E-state index contributed by atoms with van der Waals surface area (Å²) in [5, 5.41) is 19.5. The summed E-state index contributed by atoms with van der Waals surface area (Å²) in [4.78, 5) is 24.9. The number of carbonyl (C=O) groups excluding carboxylic acids is 1. The molecule has 5 rings (SSSR count). The van der Waals surface area contributed by atoms with E-state index in [2.05, 4.69) is 15.5 Å². The number of alkyl halides is 3. The number of nitrogen functional groups attached to an aromatic ring is 1. The summed E-state index contributed by atoms with van der Waals surface area (Å²) in [5.41, 5.74) is 7.90. The van der Waals surface area contributed by atoms with Crippen molar-refractivity contribution in [3.63, 3.8) is 0 Å². The number of amides is 1. The predicted octanol–water partition coefficient (Wildman–Crippen LogP) is 5.78. The van der Waals surface area contributed by atoms with Crippen molar-refractivity contribution in [2.24, 2.45) is 0 Å². The molecule has 0 saturated heterocycles. The number of benzene rings is 3. The Morgan fingerprint density at radius 1 is 1.08 bits per heavy atom. The SMILES string of the molecule is CCOc1cc(C(Nc2ccc3c(N)nncc3c2)C(=O)N(C)Cc2ccccc2S(=O)(=O)C2CC2)ccc1OC(C)C.O=C(O)C(F)(F)F. The van der Waals surface area contributed by atoms with Crippen molar-refractivity contribution in [2.75, 3.05) is 24.7 Å². The molecule has 0 aliphatic heterocycles. The first-order valence-corrected chi connectivity index (χ1v) is 17.1. The van der Waals surface area contributed by atoms with Crippen molar-refractivity contribution in [1.82, 2.24) is 15.1 Å². The van der Waals surface area contributed by atoms with E-state index >= 15 is 0 Å². The van der Waals surface area contributed by atoms with Gasteiger partial charge in [0.2, 0.25) is 5.91 Å². The van der Waals surface area contributed by atoms with Gasteiger partial charge in [-0.05, 0) is 81.1 Å². The molecule has 1 amide bonds. The molecule has 4 N–H and O–H groups in total. The second-order valence-electron chi connectivity index (χ2n) is 11.8. The topological polar surface area (TPSA) is 174 Å². The number of nitrogens with one attached hydrogen (secondary N) is 1. The monoisotopic (exact) mass is 717 g/mol. The van der Waals surface area contributed by atoms with Gasteiger partial charge in [-0.1, -0.05) is 24.3 Å². The number of nitrogens with zero attached hydrogens (tertiary/aromatic N) is 3. The van der Waals surface area contributed by atoms with Crippen LogP contribution in [0.1, 0.15) is 50.8 Å². The van der Waals surface area contributed by atoms with Gasteiger partial charge in [-0.25, -0.2) is 13.2 Å². The average Bonchev–Trinajstić information content (AvgIpc) is 3.91. The number of halogens is 3. The number of likely N-dealkylation sites (N-methyl/N-ethyl adjacent to an activating group) is 1. The fourth-order valence-electron chi connectivity index (χ4n) is 5.00. The number of aliphatic carboxylic acids is 1. The standard InChI is InChI=1S/C32H37N5O5S.C2HF3O2/c1-5-41-28-17-21(10-15-27(28)42-20(2)3)30(35-24-11-14-26-23(16-24)18-34-36-31(26)33)32(38)37(4)19-22-8-6-7-9-29(22)43(39,40)25-12-13-25;3-2(4,5)1(6)7/h6-11,14-18,20,25,30,35H,5,12-13,19H2,1-4H3,(H2,33,36);(H,6,7). The maximum Gasteiger partial charge on any atom is 0.490 e. The lowest BCUT2D eigenvalue weighted by atomic mass is 10.0. The molecule has 1 unspecified atom stereocenters. The number of aromatic nitrogens is 2. The molecule has 268 valence electrons. The van der Waals surface area contributed by atoms with Crippen LogP contribution in [0, 0.1) is 0 Å². The minimum Gasteiger partial charge on any atom is -0.490 e. The number of carboxylic acids is 1. The summed E-state index contributed by atoms with van der Waals surface area (Å²) < 4.78 is 69.9. The molecule has 4 aromatic rings. The van der Waals surface area contributed by atoms with Crippen molar-refractivity contribution in [1.29, 1.82) is 0 Å². The number of sulfone groups is 1. The molecule has 3 aromatic carbocycles. The molecule has 16 heteroatoms. The van der Waals surface area contributed by atoms with E-state index in [-0.39, 0.29) is 28.7 Å². The third-order valence-electron chi connectivity index (χ3n) is 7.48.